The molecular weight excluding hydrogens is 334 g/mol. The van der Waals surface area contributed by atoms with Gasteiger partial charge in [0.1, 0.15) is 5.82 Å². The van der Waals surface area contributed by atoms with Gasteiger partial charge in [0.2, 0.25) is 0 Å². The summed E-state index contributed by atoms with van der Waals surface area (Å²) in [6.45, 7) is 0. The van der Waals surface area contributed by atoms with Crippen LogP contribution in [-0.2, 0) is 0 Å². The molecule has 3 N–H and O–H groups in total. The zero-order chi connectivity index (χ0) is 16.3. The average Bonchev–Trinajstić information content (AvgIpc) is 2.44. The fraction of sp³-hybridized carbons (Fsp3) is 0. The molecule has 9 heteroatoms. The van der Waals surface area contributed by atoms with Crippen LogP contribution in [0.4, 0.5) is 14.5 Å². The molecule has 2 aromatic rings. The maximum Gasteiger partial charge on any atom is 0.490 e. The second kappa shape index (κ2) is 7.02. The minimum absolute atomic E-state index is 0.0717. The summed E-state index contributed by atoms with van der Waals surface area (Å²) in [5.74, 6) is -1.87. The Morgan fingerprint density at radius 2 is 1.91 bits per heavy atom. The molecule has 2 aromatic carbocycles. The standard InChI is InChI=1S/C13H9BClF2NO3S/c15-10-3-2-8(6-9(10)14(19)20)18-13(22)21-12-4-1-7(16)5-11(12)17/h1-6,19-20H,(H,18,22). The molecule has 0 aliphatic heterocycles. The molecule has 0 aliphatic rings. The summed E-state index contributed by atoms with van der Waals surface area (Å²) in [5, 5.41) is 20.9. The van der Waals surface area contributed by atoms with E-state index in [-0.39, 0.29) is 21.4 Å². The van der Waals surface area contributed by atoms with E-state index in [4.69, 9.17) is 38.6 Å². The maximum atomic E-state index is 13.4. The van der Waals surface area contributed by atoms with Crippen LogP contribution in [0.1, 0.15) is 0 Å². The number of thiocarbonyl (C=S) groups is 1. The minimum Gasteiger partial charge on any atom is -0.429 e. The van der Waals surface area contributed by atoms with Crippen molar-refractivity contribution in [3.63, 3.8) is 0 Å². The van der Waals surface area contributed by atoms with Gasteiger partial charge in [0.05, 0.1) is 0 Å². The van der Waals surface area contributed by atoms with Gasteiger partial charge in [-0.25, -0.2) is 8.78 Å². The first-order valence-electron chi connectivity index (χ1n) is 5.96. The summed E-state index contributed by atoms with van der Waals surface area (Å²) in [6, 6.07) is 7.10. The number of rotatable bonds is 3. The fourth-order valence-electron chi connectivity index (χ4n) is 1.62. The quantitative estimate of drug-likeness (QED) is 0.588. The van der Waals surface area contributed by atoms with Crippen molar-refractivity contribution in [1.29, 1.82) is 0 Å². The van der Waals surface area contributed by atoms with E-state index < -0.39 is 18.8 Å². The summed E-state index contributed by atoms with van der Waals surface area (Å²) in [7, 11) is -1.75. The second-order valence-corrected chi connectivity index (χ2v) is 4.98. The van der Waals surface area contributed by atoms with E-state index in [9.17, 15) is 8.78 Å². The van der Waals surface area contributed by atoms with Crippen molar-refractivity contribution < 1.29 is 23.6 Å². The smallest absolute Gasteiger partial charge is 0.429 e. The average molecular weight is 344 g/mol. The van der Waals surface area contributed by atoms with Crippen LogP contribution in [0.5, 0.6) is 5.75 Å². The Balaban J connectivity index is 2.10. The Labute approximate surface area is 135 Å². The lowest BCUT2D eigenvalue weighted by atomic mass is 9.80. The highest BCUT2D eigenvalue weighted by Crippen LogP contribution is 2.19. The lowest BCUT2D eigenvalue weighted by molar-refractivity contribution is 0.426. The summed E-state index contributed by atoms with van der Waals surface area (Å²) in [4.78, 5) is 0. The summed E-state index contributed by atoms with van der Waals surface area (Å²) in [5.41, 5.74) is 0.433. The minimum atomic E-state index is -1.75. The van der Waals surface area contributed by atoms with Gasteiger partial charge in [0.25, 0.3) is 5.17 Å². The lowest BCUT2D eigenvalue weighted by Gasteiger charge is -2.12. The third kappa shape index (κ3) is 4.14. The molecule has 0 aliphatic carbocycles. The Morgan fingerprint density at radius 3 is 2.55 bits per heavy atom. The predicted molar refractivity (Wildman–Crippen MR) is 84.5 cm³/mol. The Hall–Kier alpha value is -1.74. The van der Waals surface area contributed by atoms with Gasteiger partial charge < -0.3 is 20.1 Å². The number of hydrogen-bond acceptors (Lipinski definition) is 4. The summed E-state index contributed by atoms with van der Waals surface area (Å²) < 4.78 is 31.3. The molecule has 0 atom stereocenters. The monoisotopic (exact) mass is 343 g/mol. The van der Waals surface area contributed by atoms with E-state index in [1.54, 1.807) is 0 Å². The van der Waals surface area contributed by atoms with Gasteiger partial charge in [-0.15, -0.1) is 0 Å². The molecule has 2 rings (SSSR count). The van der Waals surface area contributed by atoms with E-state index >= 15 is 0 Å². The molecule has 0 bridgehead atoms. The van der Waals surface area contributed by atoms with E-state index in [0.717, 1.165) is 12.1 Å². The molecule has 0 fully saturated rings. The van der Waals surface area contributed by atoms with Crippen LogP contribution in [0, 0.1) is 11.6 Å². The number of halogens is 3. The first kappa shape index (κ1) is 16.6. The maximum absolute atomic E-state index is 13.4. The molecule has 0 aromatic heterocycles. The highest BCUT2D eigenvalue weighted by atomic mass is 35.5. The Kier molecular flexibility index (Phi) is 5.30. The van der Waals surface area contributed by atoms with Crippen molar-refractivity contribution in [2.24, 2.45) is 0 Å². The molecule has 0 spiro atoms. The van der Waals surface area contributed by atoms with Crippen molar-refractivity contribution in [2.75, 3.05) is 5.32 Å². The van der Waals surface area contributed by atoms with Crippen LogP contribution in [0.25, 0.3) is 0 Å². The van der Waals surface area contributed by atoms with Crippen LogP contribution in [0.3, 0.4) is 0 Å². The zero-order valence-corrected chi connectivity index (χ0v) is 12.5. The van der Waals surface area contributed by atoms with Gasteiger partial charge in [-0.05, 0) is 42.5 Å². The molecule has 4 nitrogen and oxygen atoms in total. The van der Waals surface area contributed by atoms with Gasteiger partial charge in [-0.1, -0.05) is 11.6 Å². The third-order valence-electron chi connectivity index (χ3n) is 2.62. The molecule has 0 saturated carbocycles. The van der Waals surface area contributed by atoms with Gasteiger partial charge >= 0.3 is 7.12 Å². The van der Waals surface area contributed by atoms with Crippen LogP contribution < -0.4 is 15.5 Å². The van der Waals surface area contributed by atoms with Gasteiger partial charge in [-0.2, -0.15) is 0 Å². The fourth-order valence-corrected chi connectivity index (χ4v) is 2.04. The molecular formula is C13H9BClF2NO3S. The van der Waals surface area contributed by atoms with Crippen LogP contribution >= 0.6 is 23.8 Å². The molecule has 0 amide bonds. The van der Waals surface area contributed by atoms with E-state index in [1.807, 2.05) is 0 Å². The van der Waals surface area contributed by atoms with E-state index in [1.165, 1.54) is 18.2 Å². The first-order valence-corrected chi connectivity index (χ1v) is 6.75. The SMILES string of the molecule is OB(O)c1cc(NC(=S)Oc2ccc(F)cc2F)ccc1Cl. The molecule has 0 saturated heterocycles. The van der Waals surface area contributed by atoms with E-state index in [2.05, 4.69) is 5.32 Å². The van der Waals surface area contributed by atoms with Crippen molar-refractivity contribution in [1.82, 2.24) is 0 Å². The first-order chi connectivity index (χ1) is 10.4. The molecule has 114 valence electrons. The normalized spacial score (nSPS) is 10.2. The van der Waals surface area contributed by atoms with Crippen molar-refractivity contribution in [2.45, 2.75) is 0 Å². The van der Waals surface area contributed by atoms with Crippen LogP contribution in [0.15, 0.2) is 36.4 Å². The van der Waals surface area contributed by atoms with Crippen molar-refractivity contribution >= 4 is 47.3 Å². The Bertz CT molecular complexity index is 718. The number of benzene rings is 2. The van der Waals surface area contributed by atoms with Gasteiger partial charge in [0.15, 0.2) is 11.6 Å². The van der Waals surface area contributed by atoms with Gasteiger partial charge in [0, 0.05) is 22.2 Å². The summed E-state index contributed by atoms with van der Waals surface area (Å²) in [6.07, 6.45) is 0. The van der Waals surface area contributed by atoms with Crippen LogP contribution in [0.2, 0.25) is 5.02 Å². The van der Waals surface area contributed by atoms with Crippen LogP contribution in [-0.4, -0.2) is 22.3 Å². The highest BCUT2D eigenvalue weighted by Gasteiger charge is 2.16. The molecule has 22 heavy (non-hydrogen) atoms. The number of hydrogen-bond donors (Lipinski definition) is 3. The molecule has 0 radical (unpaired) electrons. The zero-order valence-electron chi connectivity index (χ0n) is 10.9. The van der Waals surface area contributed by atoms with Gasteiger partial charge in [-0.3, -0.25) is 0 Å². The lowest BCUT2D eigenvalue weighted by Crippen LogP contribution is -2.31. The summed E-state index contributed by atoms with van der Waals surface area (Å²) >= 11 is 10.7. The highest BCUT2D eigenvalue weighted by molar-refractivity contribution is 7.80. The molecule has 0 unspecified atom stereocenters. The number of nitrogens with one attached hydrogen (secondary N) is 1. The van der Waals surface area contributed by atoms with Crippen molar-refractivity contribution in [3.05, 3.63) is 53.1 Å². The Morgan fingerprint density at radius 1 is 1.18 bits per heavy atom. The third-order valence-corrected chi connectivity index (χ3v) is 3.15. The predicted octanol–water partition coefficient (Wildman–Crippen LogP) is 2.07. The second-order valence-electron chi connectivity index (χ2n) is 4.20. The largest absolute Gasteiger partial charge is 0.490 e. The van der Waals surface area contributed by atoms with E-state index in [0.29, 0.717) is 11.8 Å². The topological polar surface area (TPSA) is 61.7 Å². The number of ether oxygens (including phenoxy) is 1. The number of anilines is 1. The van der Waals surface area contributed by atoms with Crippen molar-refractivity contribution in [3.8, 4) is 5.75 Å². The molecule has 0 heterocycles.